The third-order valence-electron chi connectivity index (χ3n) is 9.13. The minimum Gasteiger partial charge on any atom is -0.493 e. The standard InChI is InChI=1S/C39H55NO4/c1-28(2)12-9-13-29(3)14-10-15-30(4)16-11-21-39(6)22-19-33-34-26-40(27-43-36(34)24-31(5)38(33)44-39)23-20-32-17-18-35(41-7)37(25-32)42-8/h12,14,16-18,24-25H,9-11,13,15,19-23,26-27H2,1-8H3. The van der Waals surface area contributed by atoms with Gasteiger partial charge in [-0.1, -0.05) is 41.0 Å². The first-order chi connectivity index (χ1) is 21.1. The van der Waals surface area contributed by atoms with E-state index in [9.17, 15) is 0 Å². The summed E-state index contributed by atoms with van der Waals surface area (Å²) in [6, 6.07) is 8.35. The molecular formula is C39H55NO4. The number of aryl methyl sites for hydroxylation is 1. The molecule has 0 N–H and O–H groups in total. The first-order valence-electron chi connectivity index (χ1n) is 16.5. The van der Waals surface area contributed by atoms with Crippen LogP contribution in [0.3, 0.4) is 0 Å². The molecule has 2 aliphatic rings. The van der Waals surface area contributed by atoms with Crippen LogP contribution in [0.5, 0.6) is 23.0 Å². The maximum Gasteiger partial charge on any atom is 0.160 e. The molecule has 0 aromatic heterocycles. The minimum absolute atomic E-state index is 0.146. The second kappa shape index (κ2) is 15.7. The third-order valence-corrected chi connectivity index (χ3v) is 9.13. The molecule has 1 atom stereocenters. The van der Waals surface area contributed by atoms with Crippen LogP contribution in [0.1, 0.15) is 102 Å². The number of nitrogens with zero attached hydrogens (tertiary/aromatic N) is 1. The van der Waals surface area contributed by atoms with Crippen molar-refractivity contribution in [3.05, 3.63) is 81.5 Å². The monoisotopic (exact) mass is 601 g/mol. The summed E-state index contributed by atoms with van der Waals surface area (Å²) >= 11 is 0. The van der Waals surface area contributed by atoms with E-state index in [1.807, 2.05) is 6.07 Å². The van der Waals surface area contributed by atoms with Gasteiger partial charge < -0.3 is 18.9 Å². The Morgan fingerprint density at radius 2 is 1.61 bits per heavy atom. The Labute approximate surface area is 266 Å². The van der Waals surface area contributed by atoms with E-state index < -0.39 is 0 Å². The summed E-state index contributed by atoms with van der Waals surface area (Å²) in [7, 11) is 3.35. The van der Waals surface area contributed by atoms with Crippen molar-refractivity contribution in [1.82, 2.24) is 4.90 Å². The number of allylic oxidation sites excluding steroid dienone is 6. The Bertz CT molecular complexity index is 1370. The molecule has 0 amide bonds. The average Bonchev–Trinajstić information content (AvgIpc) is 3.00. The van der Waals surface area contributed by atoms with Crippen molar-refractivity contribution in [2.45, 2.75) is 111 Å². The number of benzene rings is 2. The maximum absolute atomic E-state index is 6.83. The van der Waals surface area contributed by atoms with Gasteiger partial charge in [-0.15, -0.1) is 0 Å². The Hall–Kier alpha value is -3.18. The molecule has 2 aliphatic heterocycles. The molecular weight excluding hydrogens is 546 g/mol. The zero-order valence-corrected chi connectivity index (χ0v) is 28.6. The van der Waals surface area contributed by atoms with Crippen LogP contribution in [0.25, 0.3) is 0 Å². The topological polar surface area (TPSA) is 40.2 Å². The fraction of sp³-hybridized carbons (Fsp3) is 0.538. The van der Waals surface area contributed by atoms with Crippen LogP contribution in [0.4, 0.5) is 0 Å². The molecule has 0 bridgehead atoms. The summed E-state index contributed by atoms with van der Waals surface area (Å²) in [5.74, 6) is 3.64. The molecule has 0 aliphatic carbocycles. The zero-order valence-electron chi connectivity index (χ0n) is 28.6. The lowest BCUT2D eigenvalue weighted by Crippen LogP contribution is -2.39. The highest BCUT2D eigenvalue weighted by atomic mass is 16.5. The maximum atomic E-state index is 6.83. The zero-order chi connectivity index (χ0) is 31.7. The van der Waals surface area contributed by atoms with E-state index in [2.05, 4.69) is 82.9 Å². The molecule has 5 nitrogen and oxygen atoms in total. The van der Waals surface area contributed by atoms with Gasteiger partial charge in [0.05, 0.1) is 14.2 Å². The quantitative estimate of drug-likeness (QED) is 0.202. The molecule has 0 saturated carbocycles. The number of methoxy groups -OCH3 is 2. The van der Waals surface area contributed by atoms with Gasteiger partial charge in [-0.25, -0.2) is 0 Å². The first-order valence-corrected chi connectivity index (χ1v) is 16.5. The van der Waals surface area contributed by atoms with Crippen LogP contribution >= 0.6 is 0 Å². The predicted molar refractivity (Wildman–Crippen MR) is 182 cm³/mol. The van der Waals surface area contributed by atoms with E-state index in [4.69, 9.17) is 18.9 Å². The van der Waals surface area contributed by atoms with Crippen molar-refractivity contribution in [3.63, 3.8) is 0 Å². The molecule has 5 heteroatoms. The molecule has 1 unspecified atom stereocenters. The molecule has 240 valence electrons. The van der Waals surface area contributed by atoms with Crippen molar-refractivity contribution >= 4 is 0 Å². The molecule has 2 aromatic carbocycles. The molecule has 2 aromatic rings. The largest absolute Gasteiger partial charge is 0.493 e. The molecule has 0 fully saturated rings. The van der Waals surface area contributed by atoms with Crippen molar-refractivity contribution in [3.8, 4) is 23.0 Å². The van der Waals surface area contributed by atoms with Crippen molar-refractivity contribution in [2.75, 3.05) is 27.5 Å². The summed E-state index contributed by atoms with van der Waals surface area (Å²) in [6.45, 7) is 15.7. The van der Waals surface area contributed by atoms with E-state index in [-0.39, 0.29) is 5.60 Å². The van der Waals surface area contributed by atoms with Gasteiger partial charge in [-0.05, 0) is 129 Å². The SMILES string of the molecule is COc1ccc(CCN2COc3cc(C)c4c(c3C2)CCC(C)(CCC=C(C)CCC=C(C)CCC=C(C)C)O4)cc1OC. The van der Waals surface area contributed by atoms with Gasteiger partial charge in [-0.2, -0.15) is 0 Å². The highest BCUT2D eigenvalue weighted by Gasteiger charge is 2.35. The fourth-order valence-corrected chi connectivity index (χ4v) is 6.30. The third kappa shape index (κ3) is 9.17. The van der Waals surface area contributed by atoms with Crippen LogP contribution in [-0.4, -0.2) is 38.0 Å². The Morgan fingerprint density at radius 1 is 0.909 bits per heavy atom. The van der Waals surface area contributed by atoms with Crippen LogP contribution < -0.4 is 18.9 Å². The van der Waals surface area contributed by atoms with Crippen molar-refractivity contribution in [2.24, 2.45) is 0 Å². The van der Waals surface area contributed by atoms with Gasteiger partial charge >= 0.3 is 0 Å². The second-order valence-corrected chi connectivity index (χ2v) is 13.3. The lowest BCUT2D eigenvalue weighted by Gasteiger charge is -2.39. The van der Waals surface area contributed by atoms with Gasteiger partial charge in [0.2, 0.25) is 0 Å². The second-order valence-electron chi connectivity index (χ2n) is 13.3. The van der Waals surface area contributed by atoms with E-state index in [0.29, 0.717) is 6.73 Å². The molecule has 4 rings (SSSR count). The van der Waals surface area contributed by atoms with Gasteiger partial charge in [0, 0.05) is 24.2 Å². The number of rotatable bonds is 14. The van der Waals surface area contributed by atoms with Gasteiger partial charge in [0.15, 0.2) is 11.5 Å². The van der Waals surface area contributed by atoms with E-state index >= 15 is 0 Å². The van der Waals surface area contributed by atoms with E-state index in [1.54, 1.807) is 14.2 Å². The molecule has 0 radical (unpaired) electrons. The first kappa shape index (κ1) is 33.7. The molecule has 0 saturated heterocycles. The van der Waals surface area contributed by atoms with Gasteiger partial charge in [0.1, 0.15) is 23.8 Å². The lowest BCUT2D eigenvalue weighted by atomic mass is 9.85. The van der Waals surface area contributed by atoms with Crippen LogP contribution in [-0.2, 0) is 19.4 Å². The van der Waals surface area contributed by atoms with Crippen LogP contribution in [0, 0.1) is 6.92 Å². The van der Waals surface area contributed by atoms with E-state index in [1.165, 1.54) is 39.0 Å². The Morgan fingerprint density at radius 3 is 2.32 bits per heavy atom. The summed E-state index contributed by atoms with van der Waals surface area (Å²) in [6.07, 6.45) is 16.8. The summed E-state index contributed by atoms with van der Waals surface area (Å²) in [5, 5.41) is 0. The molecule has 44 heavy (non-hydrogen) atoms. The van der Waals surface area contributed by atoms with Crippen LogP contribution in [0.2, 0.25) is 0 Å². The number of ether oxygens (including phenoxy) is 4. The van der Waals surface area contributed by atoms with Crippen molar-refractivity contribution in [1.29, 1.82) is 0 Å². The number of fused-ring (bicyclic) bond motifs is 3. The van der Waals surface area contributed by atoms with Gasteiger partial charge in [0.25, 0.3) is 0 Å². The lowest BCUT2D eigenvalue weighted by molar-refractivity contribution is 0.0526. The average molecular weight is 602 g/mol. The van der Waals surface area contributed by atoms with E-state index in [0.717, 1.165) is 93.9 Å². The Kier molecular flexibility index (Phi) is 12.0. The Balaban J connectivity index is 1.31. The normalized spacial score (nSPS) is 18.5. The summed E-state index contributed by atoms with van der Waals surface area (Å²) in [5.41, 5.74) is 9.29. The summed E-state index contributed by atoms with van der Waals surface area (Å²) < 4.78 is 24.0. The molecule has 2 heterocycles. The highest BCUT2D eigenvalue weighted by molar-refractivity contribution is 5.55. The fourth-order valence-electron chi connectivity index (χ4n) is 6.30. The van der Waals surface area contributed by atoms with Gasteiger partial charge in [-0.3, -0.25) is 4.90 Å². The van der Waals surface area contributed by atoms with Crippen molar-refractivity contribution < 1.29 is 18.9 Å². The predicted octanol–water partition coefficient (Wildman–Crippen LogP) is 9.69. The van der Waals surface area contributed by atoms with Crippen LogP contribution in [0.15, 0.2) is 59.2 Å². The number of hydrogen-bond acceptors (Lipinski definition) is 5. The molecule has 0 spiro atoms. The number of hydrogen-bond donors (Lipinski definition) is 0. The summed E-state index contributed by atoms with van der Waals surface area (Å²) in [4.78, 5) is 2.38. The smallest absolute Gasteiger partial charge is 0.160 e. The highest BCUT2D eigenvalue weighted by Crippen LogP contribution is 2.44. The minimum atomic E-state index is -0.146.